The van der Waals surface area contributed by atoms with Gasteiger partial charge in [-0.2, -0.15) is 0 Å². The van der Waals surface area contributed by atoms with Crippen LogP contribution in [0.2, 0.25) is 0 Å². The standard InChI is InChI=1S/C21H25BrN2O/c1-5-21(14-7-6-8-15(22)9-14)13-19(23-4)24-18-12-20(2,3)11-16(25)10-17(18)21/h6-9,13,24H,4-5,10-12H2,1-3H3. The molecule has 0 aromatic heterocycles. The van der Waals surface area contributed by atoms with Crippen molar-refractivity contribution in [3.05, 3.63) is 57.5 Å². The molecule has 0 saturated carbocycles. The first-order valence-electron chi connectivity index (χ1n) is 8.76. The number of dihydropyridines is 1. The van der Waals surface area contributed by atoms with Gasteiger partial charge < -0.3 is 5.32 Å². The molecule has 1 heterocycles. The molecule has 1 atom stereocenters. The average Bonchev–Trinajstić information content (AvgIpc) is 2.67. The van der Waals surface area contributed by atoms with Crippen LogP contribution in [0.4, 0.5) is 0 Å². The highest BCUT2D eigenvalue weighted by Gasteiger charge is 2.42. The zero-order valence-electron chi connectivity index (χ0n) is 15.2. The van der Waals surface area contributed by atoms with Crippen molar-refractivity contribution in [2.24, 2.45) is 10.4 Å². The second-order valence-corrected chi connectivity index (χ2v) is 8.75. The zero-order chi connectivity index (χ0) is 18.2. The number of rotatable bonds is 3. The molecule has 1 aliphatic heterocycles. The van der Waals surface area contributed by atoms with E-state index in [1.54, 1.807) is 0 Å². The Morgan fingerprint density at radius 2 is 2.08 bits per heavy atom. The van der Waals surface area contributed by atoms with Crippen LogP contribution < -0.4 is 5.32 Å². The van der Waals surface area contributed by atoms with E-state index in [9.17, 15) is 4.79 Å². The molecule has 0 fully saturated rings. The van der Waals surface area contributed by atoms with Crippen LogP contribution in [-0.2, 0) is 10.2 Å². The number of ketones is 1. The Balaban J connectivity index is 2.24. The first-order valence-corrected chi connectivity index (χ1v) is 9.56. The summed E-state index contributed by atoms with van der Waals surface area (Å²) in [4.78, 5) is 16.9. The van der Waals surface area contributed by atoms with E-state index in [-0.39, 0.29) is 10.8 Å². The molecule has 1 N–H and O–H groups in total. The van der Waals surface area contributed by atoms with E-state index in [2.05, 4.69) is 78.0 Å². The number of carbonyl (C=O) groups is 1. The summed E-state index contributed by atoms with van der Waals surface area (Å²) in [5.41, 5.74) is 3.14. The summed E-state index contributed by atoms with van der Waals surface area (Å²) in [7, 11) is 0. The Morgan fingerprint density at radius 3 is 2.72 bits per heavy atom. The average molecular weight is 401 g/mol. The lowest BCUT2D eigenvalue weighted by molar-refractivity contribution is -0.120. The van der Waals surface area contributed by atoms with Crippen molar-refractivity contribution in [2.75, 3.05) is 0 Å². The number of aliphatic imine (C=N–C) groups is 1. The molecule has 0 amide bonds. The number of allylic oxidation sites excluding steroid dienone is 3. The second-order valence-electron chi connectivity index (χ2n) is 7.84. The van der Waals surface area contributed by atoms with Gasteiger partial charge in [-0.25, -0.2) is 4.99 Å². The van der Waals surface area contributed by atoms with Gasteiger partial charge in [-0.3, -0.25) is 4.79 Å². The molecule has 25 heavy (non-hydrogen) atoms. The van der Waals surface area contributed by atoms with Crippen molar-refractivity contribution in [2.45, 2.75) is 51.9 Å². The highest BCUT2D eigenvalue weighted by atomic mass is 79.9. The Bertz CT molecular complexity index is 791. The van der Waals surface area contributed by atoms with Crippen LogP contribution in [0.15, 0.2) is 56.9 Å². The van der Waals surface area contributed by atoms with E-state index < -0.39 is 0 Å². The maximum Gasteiger partial charge on any atom is 0.137 e. The maximum absolute atomic E-state index is 12.7. The number of carbonyl (C=O) groups excluding carboxylic acids is 1. The molecule has 3 rings (SSSR count). The largest absolute Gasteiger partial charge is 0.344 e. The summed E-state index contributed by atoms with van der Waals surface area (Å²) < 4.78 is 1.04. The molecule has 1 unspecified atom stereocenters. The van der Waals surface area contributed by atoms with Gasteiger partial charge in [0.05, 0.1) is 0 Å². The number of hydrogen-bond donors (Lipinski definition) is 1. The quantitative estimate of drug-likeness (QED) is 0.701. The molecule has 0 bridgehead atoms. The molecular weight excluding hydrogens is 376 g/mol. The van der Waals surface area contributed by atoms with E-state index in [1.807, 2.05) is 6.07 Å². The van der Waals surface area contributed by atoms with Crippen LogP contribution in [0.25, 0.3) is 0 Å². The van der Waals surface area contributed by atoms with E-state index in [0.717, 1.165) is 28.8 Å². The number of Topliss-reactive ketones (excluding diaryl/α,β-unsaturated/α-hetero) is 1. The summed E-state index contributed by atoms with van der Waals surface area (Å²) in [6.45, 7) is 10.2. The minimum Gasteiger partial charge on any atom is -0.344 e. The Labute approximate surface area is 158 Å². The summed E-state index contributed by atoms with van der Waals surface area (Å²) in [6, 6.07) is 8.37. The first-order chi connectivity index (χ1) is 11.8. The van der Waals surface area contributed by atoms with Crippen molar-refractivity contribution in [3.8, 4) is 0 Å². The third-order valence-electron chi connectivity index (χ3n) is 5.34. The SMILES string of the molecule is C=NC1=CC(CC)(c2cccc(Br)c2)C2=C(CC(C)(C)CC(=O)C2)N1. The van der Waals surface area contributed by atoms with Crippen LogP contribution >= 0.6 is 15.9 Å². The lowest BCUT2D eigenvalue weighted by atomic mass is 9.68. The van der Waals surface area contributed by atoms with Crippen LogP contribution in [-0.4, -0.2) is 12.5 Å². The number of hydrogen-bond acceptors (Lipinski definition) is 3. The van der Waals surface area contributed by atoms with Crippen molar-refractivity contribution >= 4 is 28.4 Å². The topological polar surface area (TPSA) is 41.5 Å². The number of halogens is 1. The third-order valence-corrected chi connectivity index (χ3v) is 5.83. The maximum atomic E-state index is 12.7. The van der Waals surface area contributed by atoms with Gasteiger partial charge in [0.2, 0.25) is 0 Å². The van der Waals surface area contributed by atoms with Crippen LogP contribution in [0.1, 0.15) is 52.0 Å². The Kier molecular flexibility index (Phi) is 4.76. The van der Waals surface area contributed by atoms with Crippen molar-refractivity contribution in [3.63, 3.8) is 0 Å². The monoisotopic (exact) mass is 400 g/mol. The molecule has 0 spiro atoms. The minimum atomic E-state index is -0.322. The van der Waals surface area contributed by atoms with Gasteiger partial charge in [-0.15, -0.1) is 0 Å². The smallest absolute Gasteiger partial charge is 0.137 e. The predicted octanol–water partition coefficient (Wildman–Crippen LogP) is 5.28. The van der Waals surface area contributed by atoms with E-state index in [4.69, 9.17) is 0 Å². The van der Waals surface area contributed by atoms with Crippen molar-refractivity contribution < 1.29 is 4.79 Å². The van der Waals surface area contributed by atoms with Gasteiger partial charge in [-0.1, -0.05) is 48.8 Å². The zero-order valence-corrected chi connectivity index (χ0v) is 16.7. The molecule has 1 aromatic rings. The molecule has 4 heteroatoms. The Hall–Kier alpha value is -1.68. The fraction of sp³-hybridized carbons (Fsp3) is 0.429. The highest BCUT2D eigenvalue weighted by Crippen LogP contribution is 2.48. The normalized spacial score (nSPS) is 25.6. The highest BCUT2D eigenvalue weighted by molar-refractivity contribution is 9.10. The predicted molar refractivity (Wildman–Crippen MR) is 107 cm³/mol. The van der Waals surface area contributed by atoms with Crippen LogP contribution in [0.3, 0.4) is 0 Å². The lowest BCUT2D eigenvalue weighted by Crippen LogP contribution is -2.35. The van der Waals surface area contributed by atoms with Gasteiger partial charge in [0.1, 0.15) is 11.6 Å². The number of nitrogens with zero attached hydrogens (tertiary/aromatic N) is 1. The summed E-state index contributed by atoms with van der Waals surface area (Å²) >= 11 is 3.59. The van der Waals surface area contributed by atoms with Crippen LogP contribution in [0, 0.1) is 5.41 Å². The van der Waals surface area contributed by atoms with Crippen molar-refractivity contribution in [1.29, 1.82) is 0 Å². The van der Waals surface area contributed by atoms with Crippen molar-refractivity contribution in [1.82, 2.24) is 5.32 Å². The molecule has 3 nitrogen and oxygen atoms in total. The minimum absolute atomic E-state index is 0.0540. The van der Waals surface area contributed by atoms with E-state index in [1.165, 1.54) is 11.1 Å². The van der Waals surface area contributed by atoms with Gasteiger partial charge >= 0.3 is 0 Å². The Morgan fingerprint density at radius 1 is 1.32 bits per heavy atom. The molecule has 0 saturated heterocycles. The van der Waals surface area contributed by atoms with E-state index >= 15 is 0 Å². The summed E-state index contributed by atoms with van der Waals surface area (Å²) in [5, 5.41) is 3.44. The molecule has 132 valence electrons. The van der Waals surface area contributed by atoms with Crippen LogP contribution in [0.5, 0.6) is 0 Å². The molecule has 1 aliphatic carbocycles. The summed E-state index contributed by atoms with van der Waals surface area (Å²) in [6.07, 6.45) is 4.96. The molecule has 2 aliphatic rings. The second kappa shape index (κ2) is 6.56. The van der Waals surface area contributed by atoms with Gasteiger partial charge in [0.15, 0.2) is 0 Å². The first kappa shape index (κ1) is 18.1. The fourth-order valence-electron chi connectivity index (χ4n) is 4.23. The molecule has 0 radical (unpaired) electrons. The lowest BCUT2D eigenvalue weighted by Gasteiger charge is -2.39. The van der Waals surface area contributed by atoms with Gasteiger partial charge in [-0.05, 0) is 54.3 Å². The molecule has 1 aromatic carbocycles. The summed E-state index contributed by atoms with van der Waals surface area (Å²) in [5.74, 6) is 1.10. The van der Waals surface area contributed by atoms with Gasteiger partial charge in [0, 0.05) is 28.4 Å². The number of nitrogens with one attached hydrogen (secondary N) is 1. The van der Waals surface area contributed by atoms with Gasteiger partial charge in [0.25, 0.3) is 0 Å². The van der Waals surface area contributed by atoms with E-state index in [0.29, 0.717) is 18.6 Å². The fourth-order valence-corrected chi connectivity index (χ4v) is 4.63. The number of benzene rings is 1. The molecular formula is C21H25BrN2O. The third kappa shape index (κ3) is 3.37.